The summed E-state index contributed by atoms with van der Waals surface area (Å²) in [4.78, 5) is 25.1. The highest BCUT2D eigenvalue weighted by atomic mass is 16.1. The molecule has 0 spiro atoms. The molecule has 2 heteroatoms. The van der Waals surface area contributed by atoms with E-state index in [0.29, 0.717) is 28.7 Å². The van der Waals surface area contributed by atoms with Gasteiger partial charge in [0.05, 0.1) is 0 Å². The Hall–Kier alpha value is -2.48. The molecule has 0 fully saturated rings. The molecule has 1 aliphatic carbocycles. The Kier molecular flexibility index (Phi) is 3.76. The number of Topliss-reactive ketones (excluding diaryl/α,β-unsaturated/α-hetero) is 2. The van der Waals surface area contributed by atoms with Crippen LogP contribution in [0, 0.1) is 0 Å². The lowest BCUT2D eigenvalue weighted by atomic mass is 9.82. The van der Waals surface area contributed by atoms with Crippen molar-refractivity contribution in [2.75, 3.05) is 0 Å². The smallest absolute Gasteiger partial charge is 0.190 e. The van der Waals surface area contributed by atoms with E-state index in [-0.39, 0.29) is 11.6 Å². The van der Waals surface area contributed by atoms with Crippen molar-refractivity contribution in [2.45, 2.75) is 26.7 Å². The Bertz CT molecular complexity index is 780. The van der Waals surface area contributed by atoms with E-state index < -0.39 is 0 Å². The van der Waals surface area contributed by atoms with Crippen molar-refractivity contribution < 1.29 is 9.59 Å². The van der Waals surface area contributed by atoms with Crippen LogP contribution in [0.25, 0.3) is 0 Å². The molecule has 2 aromatic carbocycles. The Balaban J connectivity index is 1.97. The summed E-state index contributed by atoms with van der Waals surface area (Å²) in [6.45, 7) is 3.87. The molecule has 22 heavy (non-hydrogen) atoms. The molecule has 0 saturated heterocycles. The first kappa shape index (κ1) is 14.5. The molecule has 0 aliphatic heterocycles. The fourth-order valence-electron chi connectivity index (χ4n) is 2.86. The predicted molar refractivity (Wildman–Crippen MR) is 87.3 cm³/mol. The number of benzene rings is 2. The number of carbonyl (C=O) groups is 2. The van der Waals surface area contributed by atoms with Gasteiger partial charge in [0.15, 0.2) is 11.6 Å². The summed E-state index contributed by atoms with van der Waals surface area (Å²) in [6.07, 6.45) is 1.50. The van der Waals surface area contributed by atoms with Gasteiger partial charge in [-0.3, -0.25) is 9.59 Å². The third kappa shape index (κ3) is 2.41. The number of aryl methyl sites for hydroxylation is 1. The molecule has 0 bridgehead atoms. The van der Waals surface area contributed by atoms with Crippen LogP contribution in [0.2, 0.25) is 0 Å². The summed E-state index contributed by atoms with van der Waals surface area (Å²) in [5, 5.41) is 0. The van der Waals surface area contributed by atoms with Crippen molar-refractivity contribution in [1.82, 2.24) is 0 Å². The molecule has 0 atom stereocenters. The van der Waals surface area contributed by atoms with E-state index in [2.05, 4.69) is 19.1 Å². The highest BCUT2D eigenvalue weighted by Gasteiger charge is 2.29. The standard InChI is InChI=1S/C20H18O2/c1-3-14-8-10-15(11-9-14)12-18-13(2)19(21)16-6-4-5-7-17(16)20(18)22/h4-11H,3,12H2,1-2H3. The molecule has 0 heterocycles. The van der Waals surface area contributed by atoms with Crippen LogP contribution in [-0.4, -0.2) is 11.6 Å². The zero-order valence-corrected chi connectivity index (χ0v) is 12.8. The van der Waals surface area contributed by atoms with E-state index >= 15 is 0 Å². The van der Waals surface area contributed by atoms with Crippen LogP contribution in [0.4, 0.5) is 0 Å². The van der Waals surface area contributed by atoms with Crippen LogP contribution in [0.3, 0.4) is 0 Å². The lowest BCUT2D eigenvalue weighted by Crippen LogP contribution is -2.22. The van der Waals surface area contributed by atoms with E-state index in [9.17, 15) is 9.59 Å². The average molecular weight is 290 g/mol. The van der Waals surface area contributed by atoms with Crippen LogP contribution in [-0.2, 0) is 12.8 Å². The molecule has 0 radical (unpaired) electrons. The SMILES string of the molecule is CCc1ccc(CC2=C(C)C(=O)c3ccccc3C2=O)cc1. The predicted octanol–water partition coefficient (Wildman–Crippen LogP) is 4.19. The van der Waals surface area contributed by atoms with E-state index in [0.717, 1.165) is 12.0 Å². The summed E-state index contributed by atoms with van der Waals surface area (Å²) in [5.74, 6) is -0.0531. The molecule has 0 N–H and O–H groups in total. The lowest BCUT2D eigenvalue weighted by Gasteiger charge is -2.19. The second-order valence-electron chi connectivity index (χ2n) is 5.65. The van der Waals surface area contributed by atoms with Gasteiger partial charge in [-0.25, -0.2) is 0 Å². The first-order valence-electron chi connectivity index (χ1n) is 7.57. The maximum Gasteiger partial charge on any atom is 0.190 e. The topological polar surface area (TPSA) is 34.1 Å². The van der Waals surface area contributed by atoms with Crippen molar-refractivity contribution in [1.29, 1.82) is 0 Å². The quantitative estimate of drug-likeness (QED) is 0.849. The first-order chi connectivity index (χ1) is 10.6. The fourth-order valence-corrected chi connectivity index (χ4v) is 2.86. The minimum atomic E-state index is -0.0321. The van der Waals surface area contributed by atoms with Gasteiger partial charge < -0.3 is 0 Å². The van der Waals surface area contributed by atoms with Gasteiger partial charge in [-0.1, -0.05) is 55.5 Å². The lowest BCUT2D eigenvalue weighted by molar-refractivity contribution is 0.0973. The maximum absolute atomic E-state index is 12.7. The largest absolute Gasteiger partial charge is 0.289 e. The maximum atomic E-state index is 12.7. The van der Waals surface area contributed by atoms with Crippen LogP contribution in [0.1, 0.15) is 45.7 Å². The summed E-state index contributed by atoms with van der Waals surface area (Å²) < 4.78 is 0. The number of hydrogen-bond acceptors (Lipinski definition) is 2. The molecule has 0 aromatic heterocycles. The summed E-state index contributed by atoms with van der Waals surface area (Å²) in [6, 6.07) is 15.3. The molecule has 2 aromatic rings. The highest BCUT2D eigenvalue weighted by molar-refractivity contribution is 6.26. The Labute approximate surface area is 130 Å². The van der Waals surface area contributed by atoms with Crippen LogP contribution in [0.15, 0.2) is 59.7 Å². The summed E-state index contributed by atoms with van der Waals surface area (Å²) >= 11 is 0. The number of fused-ring (bicyclic) bond motifs is 1. The van der Waals surface area contributed by atoms with E-state index in [1.54, 1.807) is 31.2 Å². The zero-order chi connectivity index (χ0) is 15.7. The van der Waals surface area contributed by atoms with Crippen LogP contribution < -0.4 is 0 Å². The Morgan fingerprint density at radius 1 is 0.773 bits per heavy atom. The average Bonchev–Trinajstić information content (AvgIpc) is 2.57. The molecular weight excluding hydrogens is 272 g/mol. The van der Waals surface area contributed by atoms with Crippen LogP contribution >= 0.6 is 0 Å². The molecule has 1 aliphatic rings. The highest BCUT2D eigenvalue weighted by Crippen LogP contribution is 2.28. The van der Waals surface area contributed by atoms with Gasteiger partial charge in [-0.05, 0) is 24.5 Å². The summed E-state index contributed by atoms with van der Waals surface area (Å²) in [7, 11) is 0. The van der Waals surface area contributed by atoms with Crippen molar-refractivity contribution in [3.8, 4) is 0 Å². The van der Waals surface area contributed by atoms with Gasteiger partial charge in [0.2, 0.25) is 0 Å². The van der Waals surface area contributed by atoms with Gasteiger partial charge >= 0.3 is 0 Å². The molecule has 0 unspecified atom stereocenters. The molecular formula is C20H18O2. The third-order valence-electron chi connectivity index (χ3n) is 4.30. The molecule has 0 amide bonds. The van der Waals surface area contributed by atoms with E-state index in [4.69, 9.17) is 0 Å². The second kappa shape index (κ2) is 5.72. The van der Waals surface area contributed by atoms with Gasteiger partial charge in [-0.2, -0.15) is 0 Å². The van der Waals surface area contributed by atoms with Gasteiger partial charge in [-0.15, -0.1) is 0 Å². The van der Waals surface area contributed by atoms with Crippen molar-refractivity contribution in [3.63, 3.8) is 0 Å². The third-order valence-corrected chi connectivity index (χ3v) is 4.30. The summed E-state index contributed by atoms with van der Waals surface area (Å²) in [5.41, 5.74) is 4.57. The van der Waals surface area contributed by atoms with Gasteiger partial charge in [0, 0.05) is 28.7 Å². The number of allylic oxidation sites excluding steroid dienone is 2. The van der Waals surface area contributed by atoms with Crippen molar-refractivity contribution >= 4 is 11.6 Å². The van der Waals surface area contributed by atoms with Gasteiger partial charge in [0.25, 0.3) is 0 Å². The van der Waals surface area contributed by atoms with Gasteiger partial charge in [0.1, 0.15) is 0 Å². The normalized spacial score (nSPS) is 14.3. The Morgan fingerprint density at radius 2 is 1.32 bits per heavy atom. The van der Waals surface area contributed by atoms with Crippen LogP contribution in [0.5, 0.6) is 0 Å². The monoisotopic (exact) mass is 290 g/mol. The Morgan fingerprint density at radius 3 is 1.91 bits per heavy atom. The van der Waals surface area contributed by atoms with Crippen molar-refractivity contribution in [3.05, 3.63) is 81.9 Å². The number of rotatable bonds is 3. The minimum absolute atomic E-state index is 0.0210. The molecule has 2 nitrogen and oxygen atoms in total. The number of hydrogen-bond donors (Lipinski definition) is 0. The van der Waals surface area contributed by atoms with E-state index in [1.165, 1.54) is 5.56 Å². The van der Waals surface area contributed by atoms with Crippen molar-refractivity contribution in [2.24, 2.45) is 0 Å². The molecule has 3 rings (SSSR count). The molecule has 0 saturated carbocycles. The fraction of sp³-hybridized carbons (Fsp3) is 0.200. The van der Waals surface area contributed by atoms with E-state index in [1.807, 2.05) is 12.1 Å². The second-order valence-corrected chi connectivity index (χ2v) is 5.65. The minimum Gasteiger partial charge on any atom is -0.289 e. The first-order valence-corrected chi connectivity index (χ1v) is 7.57. The number of carbonyl (C=O) groups excluding carboxylic acids is 2. The number of ketones is 2. The molecule has 110 valence electrons. The zero-order valence-electron chi connectivity index (χ0n) is 12.8.